The zero-order chi connectivity index (χ0) is 8.43. The molecule has 60 valence electrons. The van der Waals surface area contributed by atoms with Gasteiger partial charge in [-0.05, 0) is 27.6 Å². The highest BCUT2D eigenvalue weighted by atomic mass is 79.9. The third-order valence-corrected chi connectivity index (χ3v) is 3.05. The Morgan fingerprint density at radius 3 is 2.64 bits per heavy atom. The van der Waals surface area contributed by atoms with E-state index in [0.717, 1.165) is 5.56 Å². The first-order valence-electron chi connectivity index (χ1n) is 2.85. The van der Waals surface area contributed by atoms with Crippen molar-refractivity contribution in [2.45, 2.75) is 5.88 Å². The van der Waals surface area contributed by atoms with E-state index in [1.165, 1.54) is 6.07 Å². The van der Waals surface area contributed by atoms with E-state index in [1.807, 2.05) is 0 Å². The van der Waals surface area contributed by atoms with Gasteiger partial charge in [-0.25, -0.2) is 4.39 Å². The topological polar surface area (TPSA) is 0 Å². The minimum Gasteiger partial charge on any atom is -0.205 e. The van der Waals surface area contributed by atoms with E-state index >= 15 is 0 Å². The number of hydrogen-bond acceptors (Lipinski definition) is 0. The fraction of sp³-hybridized carbons (Fsp3) is 0.143. The van der Waals surface area contributed by atoms with Crippen LogP contribution in [0.5, 0.6) is 0 Å². The maximum atomic E-state index is 12.7. The first kappa shape index (κ1) is 9.30. The molecule has 0 bridgehead atoms. The smallest absolute Gasteiger partial charge is 0.142 e. The highest BCUT2D eigenvalue weighted by Gasteiger charge is 2.07. The molecule has 0 saturated carbocycles. The lowest BCUT2D eigenvalue weighted by atomic mass is 10.2. The number of benzene rings is 1. The van der Waals surface area contributed by atoms with E-state index in [9.17, 15) is 4.39 Å². The van der Waals surface area contributed by atoms with E-state index < -0.39 is 5.82 Å². The number of rotatable bonds is 1. The normalized spacial score (nSPS) is 10.2. The molecule has 0 nitrogen and oxygen atoms in total. The lowest BCUT2D eigenvalue weighted by molar-refractivity contribution is 0.627. The molecule has 0 aliphatic heterocycles. The van der Waals surface area contributed by atoms with Crippen LogP contribution in [0.25, 0.3) is 0 Å². The van der Waals surface area contributed by atoms with Gasteiger partial charge in [0.1, 0.15) is 5.82 Å². The molecule has 0 N–H and O–H groups in total. The summed E-state index contributed by atoms with van der Waals surface area (Å²) in [6.07, 6.45) is 0. The Balaban J connectivity index is 3.25. The zero-order valence-electron chi connectivity index (χ0n) is 5.37. The Morgan fingerprint density at radius 1 is 1.45 bits per heavy atom. The van der Waals surface area contributed by atoms with Crippen molar-refractivity contribution in [3.63, 3.8) is 0 Å². The first-order valence-corrected chi connectivity index (χ1v) is 4.55. The van der Waals surface area contributed by atoms with Crippen LogP contribution in [-0.2, 0) is 5.88 Å². The van der Waals surface area contributed by atoms with Crippen LogP contribution in [0.2, 0.25) is 5.02 Å². The van der Waals surface area contributed by atoms with Gasteiger partial charge in [0, 0.05) is 10.4 Å². The van der Waals surface area contributed by atoms with E-state index in [4.69, 9.17) is 23.2 Å². The summed E-state index contributed by atoms with van der Waals surface area (Å²) >= 11 is 14.3. The van der Waals surface area contributed by atoms with Gasteiger partial charge in [-0.1, -0.05) is 17.7 Å². The monoisotopic (exact) mass is 256 g/mol. The molecule has 4 heteroatoms. The van der Waals surface area contributed by atoms with Gasteiger partial charge in [0.25, 0.3) is 0 Å². The lowest BCUT2D eigenvalue weighted by Gasteiger charge is -2.02. The summed E-state index contributed by atoms with van der Waals surface area (Å²) in [6, 6.07) is 2.89. The molecule has 1 aromatic rings. The maximum absolute atomic E-state index is 12.7. The minimum absolute atomic E-state index is 0.0863. The van der Waals surface area contributed by atoms with Crippen LogP contribution in [0.4, 0.5) is 4.39 Å². The van der Waals surface area contributed by atoms with Crippen LogP contribution < -0.4 is 0 Å². The summed E-state index contributed by atoms with van der Waals surface area (Å²) in [5.41, 5.74) is 0.790. The van der Waals surface area contributed by atoms with Crippen molar-refractivity contribution in [1.29, 1.82) is 0 Å². The van der Waals surface area contributed by atoms with E-state index in [1.54, 1.807) is 6.07 Å². The number of alkyl halides is 1. The summed E-state index contributed by atoms with van der Waals surface area (Å²) in [7, 11) is 0. The molecule has 0 amide bonds. The van der Waals surface area contributed by atoms with Crippen molar-refractivity contribution >= 4 is 39.1 Å². The summed E-state index contributed by atoms with van der Waals surface area (Å²) in [5.74, 6) is -0.118. The van der Waals surface area contributed by atoms with Crippen LogP contribution >= 0.6 is 39.1 Å². The molecule has 1 rings (SSSR count). The average Bonchev–Trinajstić information content (AvgIpc) is 2.01. The predicted octanol–water partition coefficient (Wildman–Crippen LogP) is 3.98. The second-order valence-corrected chi connectivity index (χ2v) is 3.41. The summed E-state index contributed by atoms with van der Waals surface area (Å²) in [6.45, 7) is 0. The lowest BCUT2D eigenvalue weighted by Crippen LogP contribution is -1.84. The van der Waals surface area contributed by atoms with Crippen molar-refractivity contribution < 1.29 is 4.39 Å². The van der Waals surface area contributed by atoms with E-state index in [0.29, 0.717) is 10.4 Å². The Bertz CT molecular complexity index is 275. The van der Waals surface area contributed by atoms with Crippen molar-refractivity contribution in [2.24, 2.45) is 0 Å². The van der Waals surface area contributed by atoms with Crippen molar-refractivity contribution in [3.8, 4) is 0 Å². The molecule has 0 spiro atoms. The molecule has 0 atom stereocenters. The third kappa shape index (κ3) is 1.86. The van der Waals surface area contributed by atoms with Crippen molar-refractivity contribution in [2.75, 3.05) is 0 Å². The molecular formula is C7H4BrCl2F. The van der Waals surface area contributed by atoms with Gasteiger partial charge in [0.15, 0.2) is 0 Å². The highest BCUT2D eigenvalue weighted by molar-refractivity contribution is 9.10. The van der Waals surface area contributed by atoms with Gasteiger partial charge < -0.3 is 0 Å². The summed E-state index contributed by atoms with van der Waals surface area (Å²) in [4.78, 5) is 0. The molecule has 0 aromatic heterocycles. The highest BCUT2D eigenvalue weighted by Crippen LogP contribution is 2.29. The molecular weight excluding hydrogens is 254 g/mol. The van der Waals surface area contributed by atoms with Gasteiger partial charge in [-0.15, -0.1) is 11.6 Å². The van der Waals surface area contributed by atoms with Crippen molar-refractivity contribution in [3.05, 3.63) is 33.0 Å². The Hall–Kier alpha value is 0.210. The first-order chi connectivity index (χ1) is 5.16. The fourth-order valence-corrected chi connectivity index (χ4v) is 1.70. The molecule has 1 aromatic carbocycles. The van der Waals surface area contributed by atoms with E-state index in [2.05, 4.69) is 15.9 Å². The number of hydrogen-bond donors (Lipinski definition) is 0. The second kappa shape index (κ2) is 3.74. The average molecular weight is 258 g/mol. The quantitative estimate of drug-likeness (QED) is 0.527. The van der Waals surface area contributed by atoms with E-state index in [-0.39, 0.29) is 5.02 Å². The van der Waals surface area contributed by atoms with Crippen LogP contribution in [0.15, 0.2) is 16.6 Å². The minimum atomic E-state index is -0.438. The Kier molecular flexibility index (Phi) is 3.16. The molecule has 0 aliphatic rings. The predicted molar refractivity (Wildman–Crippen MR) is 48.7 cm³/mol. The largest absolute Gasteiger partial charge is 0.205 e. The van der Waals surface area contributed by atoms with Gasteiger partial charge in [-0.2, -0.15) is 0 Å². The Morgan fingerprint density at radius 2 is 2.09 bits per heavy atom. The summed E-state index contributed by atoms with van der Waals surface area (Å²) in [5, 5.41) is 0.0863. The Labute approximate surface area is 82.4 Å². The number of halogens is 4. The standard InChI is InChI=1S/C7H4BrCl2F/c8-6-4(3-9)1-2-5(11)7(6)10/h1-2H,3H2. The van der Waals surface area contributed by atoms with Crippen LogP contribution in [0.3, 0.4) is 0 Å². The molecule has 0 aliphatic carbocycles. The van der Waals surface area contributed by atoms with Gasteiger partial charge >= 0.3 is 0 Å². The zero-order valence-corrected chi connectivity index (χ0v) is 8.47. The van der Waals surface area contributed by atoms with Crippen LogP contribution in [0.1, 0.15) is 5.56 Å². The van der Waals surface area contributed by atoms with Crippen molar-refractivity contribution in [1.82, 2.24) is 0 Å². The SMILES string of the molecule is Fc1ccc(CCl)c(Br)c1Cl. The summed E-state index contributed by atoms with van der Waals surface area (Å²) < 4.78 is 13.2. The molecule has 0 heterocycles. The van der Waals surface area contributed by atoms with Gasteiger partial charge in [0.2, 0.25) is 0 Å². The molecule has 0 radical (unpaired) electrons. The van der Waals surface area contributed by atoms with Crippen LogP contribution in [0, 0.1) is 5.82 Å². The third-order valence-electron chi connectivity index (χ3n) is 1.26. The molecule has 0 saturated heterocycles. The molecule has 0 unspecified atom stereocenters. The van der Waals surface area contributed by atoms with Gasteiger partial charge in [0.05, 0.1) is 5.02 Å². The molecule has 11 heavy (non-hydrogen) atoms. The van der Waals surface area contributed by atoms with Gasteiger partial charge in [-0.3, -0.25) is 0 Å². The fourth-order valence-electron chi connectivity index (χ4n) is 0.669. The second-order valence-electron chi connectivity index (χ2n) is 1.97. The molecule has 0 fully saturated rings. The maximum Gasteiger partial charge on any atom is 0.142 e. The van der Waals surface area contributed by atoms with Crippen LogP contribution in [-0.4, -0.2) is 0 Å².